The average Bonchev–Trinajstić information content (AvgIpc) is 3.00. The predicted octanol–water partition coefficient (Wildman–Crippen LogP) is 5.13. The van der Waals surface area contributed by atoms with Crippen LogP contribution in [0.3, 0.4) is 0 Å². The first kappa shape index (κ1) is 15.4. The first-order valence-electron chi connectivity index (χ1n) is 7.65. The number of hydrogen-bond donors (Lipinski definition) is 1. The fourth-order valence-electron chi connectivity index (χ4n) is 2.30. The van der Waals surface area contributed by atoms with Crippen LogP contribution in [0.1, 0.15) is 23.7 Å². The molecule has 0 radical (unpaired) electrons. The van der Waals surface area contributed by atoms with E-state index in [0.717, 1.165) is 22.8 Å². The standard InChI is InChI=1S/C19H19N3S/c1-3-15-7-9-17(10-8-15)18-6-4-5-16(11-18)12-20-22-19-21-14(2)13-23-19/h4-13H,3H2,1-2H3,(H,21,22). The highest BCUT2D eigenvalue weighted by Gasteiger charge is 1.99. The minimum absolute atomic E-state index is 0.810. The largest absolute Gasteiger partial charge is 0.253 e. The highest BCUT2D eigenvalue weighted by Crippen LogP contribution is 2.21. The van der Waals surface area contributed by atoms with Gasteiger partial charge in [0.05, 0.1) is 11.9 Å². The van der Waals surface area contributed by atoms with Crippen LogP contribution in [-0.2, 0) is 6.42 Å². The molecule has 23 heavy (non-hydrogen) atoms. The Morgan fingerprint density at radius 3 is 2.65 bits per heavy atom. The number of thiazole rings is 1. The second-order valence-electron chi connectivity index (χ2n) is 5.34. The summed E-state index contributed by atoms with van der Waals surface area (Å²) < 4.78 is 0. The van der Waals surface area contributed by atoms with Gasteiger partial charge in [-0.1, -0.05) is 49.4 Å². The molecule has 0 unspecified atom stereocenters. The van der Waals surface area contributed by atoms with Crippen molar-refractivity contribution in [2.24, 2.45) is 5.10 Å². The number of benzene rings is 2. The molecule has 0 bridgehead atoms. The highest BCUT2D eigenvalue weighted by molar-refractivity contribution is 7.13. The second kappa shape index (κ2) is 7.20. The van der Waals surface area contributed by atoms with Gasteiger partial charge in [-0.15, -0.1) is 11.3 Å². The summed E-state index contributed by atoms with van der Waals surface area (Å²) in [5.74, 6) is 0. The highest BCUT2D eigenvalue weighted by atomic mass is 32.1. The van der Waals surface area contributed by atoms with Crippen molar-refractivity contribution in [3.63, 3.8) is 0 Å². The van der Waals surface area contributed by atoms with Crippen molar-refractivity contribution in [1.29, 1.82) is 0 Å². The lowest BCUT2D eigenvalue weighted by atomic mass is 10.0. The van der Waals surface area contributed by atoms with Crippen molar-refractivity contribution >= 4 is 22.7 Å². The first-order chi connectivity index (χ1) is 11.2. The molecule has 0 saturated heterocycles. The summed E-state index contributed by atoms with van der Waals surface area (Å²) in [6.45, 7) is 4.14. The number of aryl methyl sites for hydroxylation is 2. The monoisotopic (exact) mass is 321 g/mol. The van der Waals surface area contributed by atoms with Gasteiger partial charge in [-0.05, 0) is 41.7 Å². The van der Waals surface area contributed by atoms with E-state index >= 15 is 0 Å². The maximum absolute atomic E-state index is 4.32. The summed E-state index contributed by atoms with van der Waals surface area (Å²) in [7, 11) is 0. The summed E-state index contributed by atoms with van der Waals surface area (Å²) in [6.07, 6.45) is 2.88. The molecule has 0 aliphatic rings. The molecule has 0 amide bonds. The van der Waals surface area contributed by atoms with Gasteiger partial charge in [0.1, 0.15) is 0 Å². The molecule has 0 saturated carbocycles. The lowest BCUT2D eigenvalue weighted by Gasteiger charge is -2.04. The van der Waals surface area contributed by atoms with E-state index in [9.17, 15) is 0 Å². The van der Waals surface area contributed by atoms with E-state index in [1.165, 1.54) is 16.7 Å². The van der Waals surface area contributed by atoms with Crippen LogP contribution in [0.2, 0.25) is 0 Å². The summed E-state index contributed by atoms with van der Waals surface area (Å²) >= 11 is 1.55. The number of nitrogens with one attached hydrogen (secondary N) is 1. The topological polar surface area (TPSA) is 37.3 Å². The van der Waals surface area contributed by atoms with Gasteiger partial charge >= 0.3 is 0 Å². The van der Waals surface area contributed by atoms with Crippen molar-refractivity contribution < 1.29 is 0 Å². The molecule has 0 atom stereocenters. The van der Waals surface area contributed by atoms with Gasteiger partial charge in [0.2, 0.25) is 5.13 Å². The number of nitrogens with zero attached hydrogens (tertiary/aromatic N) is 2. The van der Waals surface area contributed by atoms with Crippen LogP contribution in [0.15, 0.2) is 59.0 Å². The van der Waals surface area contributed by atoms with Crippen LogP contribution in [0, 0.1) is 6.92 Å². The average molecular weight is 321 g/mol. The van der Waals surface area contributed by atoms with E-state index in [4.69, 9.17) is 0 Å². The normalized spacial score (nSPS) is 11.0. The fraction of sp³-hybridized carbons (Fsp3) is 0.158. The SMILES string of the molecule is CCc1ccc(-c2cccc(C=NNc3nc(C)cs3)c2)cc1. The van der Waals surface area contributed by atoms with Crippen LogP contribution < -0.4 is 5.43 Å². The van der Waals surface area contributed by atoms with E-state index in [1.807, 2.05) is 24.6 Å². The van der Waals surface area contributed by atoms with E-state index in [-0.39, 0.29) is 0 Å². The molecule has 0 aliphatic carbocycles. The van der Waals surface area contributed by atoms with Gasteiger partial charge in [-0.2, -0.15) is 5.10 Å². The molecule has 0 spiro atoms. The molecular weight excluding hydrogens is 302 g/mol. The van der Waals surface area contributed by atoms with Crippen LogP contribution >= 0.6 is 11.3 Å². The third kappa shape index (κ3) is 4.05. The summed E-state index contributed by atoms with van der Waals surface area (Å²) in [5, 5.41) is 7.07. The van der Waals surface area contributed by atoms with E-state index in [2.05, 4.69) is 64.9 Å². The molecule has 1 heterocycles. The summed E-state index contributed by atoms with van der Waals surface area (Å²) in [5.41, 5.74) is 8.80. The zero-order valence-corrected chi connectivity index (χ0v) is 14.1. The van der Waals surface area contributed by atoms with Crippen molar-refractivity contribution in [3.05, 3.63) is 70.7 Å². The molecule has 1 N–H and O–H groups in total. The molecule has 3 nitrogen and oxygen atoms in total. The predicted molar refractivity (Wildman–Crippen MR) is 99.3 cm³/mol. The van der Waals surface area contributed by atoms with Gasteiger partial charge in [0.15, 0.2) is 0 Å². The summed E-state index contributed by atoms with van der Waals surface area (Å²) in [4.78, 5) is 4.32. The smallest absolute Gasteiger partial charge is 0.203 e. The van der Waals surface area contributed by atoms with Crippen LogP contribution in [-0.4, -0.2) is 11.2 Å². The minimum Gasteiger partial charge on any atom is -0.253 e. The Kier molecular flexibility index (Phi) is 4.83. The maximum atomic E-state index is 4.32. The van der Waals surface area contributed by atoms with Crippen molar-refractivity contribution in [3.8, 4) is 11.1 Å². The third-order valence-corrected chi connectivity index (χ3v) is 4.44. The fourth-order valence-corrected chi connectivity index (χ4v) is 2.94. The second-order valence-corrected chi connectivity index (χ2v) is 6.20. The van der Waals surface area contributed by atoms with Gasteiger partial charge in [0, 0.05) is 5.38 Å². The van der Waals surface area contributed by atoms with Gasteiger partial charge in [-0.25, -0.2) is 4.98 Å². The van der Waals surface area contributed by atoms with Crippen molar-refractivity contribution in [2.75, 3.05) is 5.43 Å². The number of aromatic nitrogens is 1. The van der Waals surface area contributed by atoms with E-state index < -0.39 is 0 Å². The molecule has 1 aromatic heterocycles. The zero-order chi connectivity index (χ0) is 16.1. The Hall–Kier alpha value is -2.46. The zero-order valence-electron chi connectivity index (χ0n) is 13.3. The molecular formula is C19H19N3S. The van der Waals surface area contributed by atoms with Gasteiger partial charge in [-0.3, -0.25) is 5.43 Å². The Bertz CT molecular complexity index is 803. The lowest BCUT2D eigenvalue weighted by Crippen LogP contribution is -1.90. The van der Waals surface area contributed by atoms with Crippen LogP contribution in [0.25, 0.3) is 11.1 Å². The first-order valence-corrected chi connectivity index (χ1v) is 8.53. The number of hydrogen-bond acceptors (Lipinski definition) is 4. The minimum atomic E-state index is 0.810. The number of anilines is 1. The van der Waals surface area contributed by atoms with Gasteiger partial charge < -0.3 is 0 Å². The Balaban J connectivity index is 1.73. The molecule has 2 aromatic carbocycles. The quantitative estimate of drug-likeness (QED) is 0.522. The van der Waals surface area contributed by atoms with Crippen molar-refractivity contribution in [2.45, 2.75) is 20.3 Å². The lowest BCUT2D eigenvalue weighted by molar-refractivity contribution is 1.14. The maximum Gasteiger partial charge on any atom is 0.203 e. The Morgan fingerprint density at radius 2 is 1.96 bits per heavy atom. The molecule has 3 rings (SSSR count). The Morgan fingerprint density at radius 1 is 1.13 bits per heavy atom. The van der Waals surface area contributed by atoms with Gasteiger partial charge in [0.25, 0.3) is 0 Å². The molecule has 0 aliphatic heterocycles. The van der Waals surface area contributed by atoms with E-state index in [1.54, 1.807) is 11.3 Å². The third-order valence-electron chi connectivity index (χ3n) is 3.57. The molecule has 4 heteroatoms. The van der Waals surface area contributed by atoms with Crippen LogP contribution in [0.4, 0.5) is 5.13 Å². The van der Waals surface area contributed by atoms with E-state index in [0.29, 0.717) is 0 Å². The Labute approximate surface area is 140 Å². The number of rotatable bonds is 5. The molecule has 0 fully saturated rings. The summed E-state index contributed by atoms with van der Waals surface area (Å²) in [6, 6.07) is 17.1. The van der Waals surface area contributed by atoms with Crippen molar-refractivity contribution in [1.82, 2.24) is 4.98 Å². The number of hydrazone groups is 1. The molecule has 3 aromatic rings. The molecule has 116 valence electrons. The van der Waals surface area contributed by atoms with Crippen LogP contribution in [0.5, 0.6) is 0 Å².